The van der Waals surface area contributed by atoms with Crippen LogP contribution in [-0.2, 0) is 0 Å². The number of fused-ring (bicyclic) bond motifs is 1. The fourth-order valence-electron chi connectivity index (χ4n) is 2.21. The second kappa shape index (κ2) is 6.20. The zero-order chi connectivity index (χ0) is 14.6. The summed E-state index contributed by atoms with van der Waals surface area (Å²) >= 11 is 0. The third-order valence-electron chi connectivity index (χ3n) is 3.12. The van der Waals surface area contributed by atoms with Gasteiger partial charge in [0.1, 0.15) is 12.4 Å². The highest BCUT2D eigenvalue weighted by Gasteiger charge is 2.24. The zero-order valence-corrected chi connectivity index (χ0v) is 12.3. The standard InChI is InChI=1S/C16H22N2O2/c1-12(2)18-16(3,10-19)11-20-14-7-6-13-5-4-8-17-15(13)9-14/h4-9,12,18-19H,10-11H2,1-3H3. The zero-order valence-electron chi connectivity index (χ0n) is 12.3. The van der Waals surface area contributed by atoms with Crippen molar-refractivity contribution in [3.63, 3.8) is 0 Å². The minimum Gasteiger partial charge on any atom is -0.492 e. The Balaban J connectivity index is 2.08. The molecule has 4 heteroatoms. The predicted molar refractivity (Wildman–Crippen MR) is 81.0 cm³/mol. The molecule has 1 heterocycles. The summed E-state index contributed by atoms with van der Waals surface area (Å²) < 4.78 is 5.81. The minimum absolute atomic E-state index is 0.0248. The summed E-state index contributed by atoms with van der Waals surface area (Å²) in [6.07, 6.45) is 1.77. The van der Waals surface area contributed by atoms with Crippen molar-refractivity contribution >= 4 is 10.9 Å². The number of aliphatic hydroxyl groups is 1. The van der Waals surface area contributed by atoms with Gasteiger partial charge >= 0.3 is 0 Å². The van der Waals surface area contributed by atoms with E-state index in [2.05, 4.69) is 10.3 Å². The topological polar surface area (TPSA) is 54.4 Å². The van der Waals surface area contributed by atoms with Gasteiger partial charge in [-0.05, 0) is 25.1 Å². The first kappa shape index (κ1) is 14.8. The normalized spacial score (nSPS) is 14.4. The molecule has 2 aromatic rings. The molecular weight excluding hydrogens is 252 g/mol. The van der Waals surface area contributed by atoms with Crippen molar-refractivity contribution in [2.75, 3.05) is 13.2 Å². The van der Waals surface area contributed by atoms with Crippen LogP contribution in [0.5, 0.6) is 5.75 Å². The Hall–Kier alpha value is -1.65. The Morgan fingerprint density at radius 3 is 2.85 bits per heavy atom. The van der Waals surface area contributed by atoms with Gasteiger partial charge in [-0.1, -0.05) is 19.9 Å². The Labute approximate surface area is 119 Å². The molecule has 0 saturated carbocycles. The molecule has 4 nitrogen and oxygen atoms in total. The molecule has 20 heavy (non-hydrogen) atoms. The second-order valence-corrected chi connectivity index (χ2v) is 5.66. The number of ether oxygens (including phenoxy) is 1. The van der Waals surface area contributed by atoms with E-state index in [1.54, 1.807) is 6.20 Å². The van der Waals surface area contributed by atoms with Crippen LogP contribution in [-0.4, -0.2) is 34.9 Å². The average Bonchev–Trinajstić information content (AvgIpc) is 2.44. The molecule has 1 aromatic carbocycles. The number of hydrogen-bond acceptors (Lipinski definition) is 4. The lowest BCUT2D eigenvalue weighted by Crippen LogP contribution is -2.53. The van der Waals surface area contributed by atoms with Gasteiger partial charge in [-0.2, -0.15) is 0 Å². The van der Waals surface area contributed by atoms with E-state index >= 15 is 0 Å². The van der Waals surface area contributed by atoms with Crippen LogP contribution in [0.25, 0.3) is 10.9 Å². The fraction of sp³-hybridized carbons (Fsp3) is 0.438. The molecule has 0 fully saturated rings. The van der Waals surface area contributed by atoms with E-state index in [1.807, 2.05) is 51.1 Å². The van der Waals surface area contributed by atoms with Gasteiger partial charge in [0.25, 0.3) is 0 Å². The molecule has 0 bridgehead atoms. The monoisotopic (exact) mass is 274 g/mol. The van der Waals surface area contributed by atoms with Crippen LogP contribution < -0.4 is 10.1 Å². The second-order valence-electron chi connectivity index (χ2n) is 5.66. The summed E-state index contributed by atoms with van der Waals surface area (Å²) in [6, 6.07) is 10.1. The van der Waals surface area contributed by atoms with Crippen molar-refractivity contribution in [1.82, 2.24) is 10.3 Å². The first-order valence-electron chi connectivity index (χ1n) is 6.88. The van der Waals surface area contributed by atoms with E-state index in [1.165, 1.54) is 0 Å². The predicted octanol–water partition coefficient (Wildman–Crippen LogP) is 2.36. The van der Waals surface area contributed by atoms with Crippen LogP contribution in [0, 0.1) is 0 Å². The summed E-state index contributed by atoms with van der Waals surface area (Å²) in [5, 5.41) is 13.9. The van der Waals surface area contributed by atoms with Crippen LogP contribution in [0.2, 0.25) is 0 Å². The summed E-state index contributed by atoms with van der Waals surface area (Å²) in [6.45, 7) is 6.48. The SMILES string of the molecule is CC(C)NC(C)(CO)COc1ccc2cccnc2c1. The largest absolute Gasteiger partial charge is 0.492 e. The lowest BCUT2D eigenvalue weighted by molar-refractivity contribution is 0.109. The van der Waals surface area contributed by atoms with Crippen LogP contribution in [0.15, 0.2) is 36.5 Å². The van der Waals surface area contributed by atoms with Crippen molar-refractivity contribution in [1.29, 1.82) is 0 Å². The van der Waals surface area contributed by atoms with E-state index in [4.69, 9.17) is 4.74 Å². The molecule has 0 aliphatic carbocycles. The van der Waals surface area contributed by atoms with Crippen LogP contribution in [0.4, 0.5) is 0 Å². The molecule has 1 unspecified atom stereocenters. The molecule has 0 amide bonds. The summed E-state index contributed by atoms with van der Waals surface area (Å²) in [5.74, 6) is 0.765. The lowest BCUT2D eigenvalue weighted by Gasteiger charge is -2.30. The van der Waals surface area contributed by atoms with E-state index in [9.17, 15) is 5.11 Å². The number of aromatic nitrogens is 1. The maximum absolute atomic E-state index is 9.53. The van der Waals surface area contributed by atoms with E-state index in [0.29, 0.717) is 6.61 Å². The van der Waals surface area contributed by atoms with Crippen LogP contribution >= 0.6 is 0 Å². The molecular formula is C16H22N2O2. The molecule has 1 aromatic heterocycles. The number of aliphatic hydroxyl groups excluding tert-OH is 1. The van der Waals surface area contributed by atoms with Crippen molar-refractivity contribution in [2.45, 2.75) is 32.4 Å². The smallest absolute Gasteiger partial charge is 0.121 e. The number of benzene rings is 1. The lowest BCUT2D eigenvalue weighted by atomic mass is 10.0. The van der Waals surface area contributed by atoms with Crippen LogP contribution in [0.3, 0.4) is 0 Å². The van der Waals surface area contributed by atoms with Gasteiger partial charge in [0.15, 0.2) is 0 Å². The molecule has 1 atom stereocenters. The maximum atomic E-state index is 9.53. The van der Waals surface area contributed by atoms with Gasteiger partial charge in [-0.3, -0.25) is 4.98 Å². The fourth-order valence-corrected chi connectivity index (χ4v) is 2.21. The first-order chi connectivity index (χ1) is 9.52. The highest BCUT2D eigenvalue weighted by Crippen LogP contribution is 2.20. The Kier molecular flexibility index (Phi) is 4.57. The van der Waals surface area contributed by atoms with Crippen molar-refractivity contribution in [3.05, 3.63) is 36.5 Å². The van der Waals surface area contributed by atoms with Gasteiger partial charge < -0.3 is 15.2 Å². The van der Waals surface area contributed by atoms with Crippen molar-refractivity contribution in [3.8, 4) is 5.75 Å². The molecule has 2 N–H and O–H groups in total. The number of nitrogens with one attached hydrogen (secondary N) is 1. The molecule has 2 rings (SSSR count). The number of hydrogen-bond donors (Lipinski definition) is 2. The number of nitrogens with zero attached hydrogens (tertiary/aromatic N) is 1. The molecule has 108 valence electrons. The van der Waals surface area contributed by atoms with E-state index in [0.717, 1.165) is 16.7 Å². The summed E-state index contributed by atoms with van der Waals surface area (Å²) in [7, 11) is 0. The van der Waals surface area contributed by atoms with Gasteiger partial charge in [-0.15, -0.1) is 0 Å². The number of rotatable bonds is 6. The maximum Gasteiger partial charge on any atom is 0.121 e. The quantitative estimate of drug-likeness (QED) is 0.849. The highest BCUT2D eigenvalue weighted by molar-refractivity contribution is 5.79. The summed E-state index contributed by atoms with van der Waals surface area (Å²) in [4.78, 5) is 4.31. The van der Waals surface area contributed by atoms with Gasteiger partial charge in [0, 0.05) is 23.7 Å². The van der Waals surface area contributed by atoms with Crippen molar-refractivity contribution < 1.29 is 9.84 Å². The average molecular weight is 274 g/mol. The van der Waals surface area contributed by atoms with E-state index < -0.39 is 5.54 Å². The van der Waals surface area contributed by atoms with Gasteiger partial charge in [0.2, 0.25) is 0 Å². The highest BCUT2D eigenvalue weighted by atomic mass is 16.5. The first-order valence-corrected chi connectivity index (χ1v) is 6.88. The molecule has 0 saturated heterocycles. The Bertz CT molecular complexity index is 571. The number of pyridine rings is 1. The minimum atomic E-state index is -0.451. The molecule has 0 aliphatic heterocycles. The molecule has 0 radical (unpaired) electrons. The van der Waals surface area contributed by atoms with Gasteiger partial charge in [0.05, 0.1) is 17.7 Å². The van der Waals surface area contributed by atoms with Gasteiger partial charge in [-0.25, -0.2) is 0 Å². The Morgan fingerprint density at radius 1 is 1.35 bits per heavy atom. The van der Waals surface area contributed by atoms with Crippen molar-refractivity contribution in [2.24, 2.45) is 0 Å². The summed E-state index contributed by atoms with van der Waals surface area (Å²) in [5.41, 5.74) is 0.459. The van der Waals surface area contributed by atoms with E-state index in [-0.39, 0.29) is 12.6 Å². The molecule has 0 spiro atoms. The van der Waals surface area contributed by atoms with Crippen LogP contribution in [0.1, 0.15) is 20.8 Å². The third kappa shape index (κ3) is 3.68. The Morgan fingerprint density at radius 2 is 2.15 bits per heavy atom. The molecule has 0 aliphatic rings. The third-order valence-corrected chi connectivity index (χ3v) is 3.12.